The Hall–Kier alpha value is -4.02. The Bertz CT molecular complexity index is 1570. The molecule has 1 fully saturated rings. The quantitative estimate of drug-likeness (QED) is 0.0835. The number of rotatable bonds is 16. The Morgan fingerprint density at radius 2 is 1.57 bits per heavy atom. The van der Waals surface area contributed by atoms with E-state index in [9.17, 15) is 14.7 Å². The smallest absolute Gasteiger partial charge is 0.303 e. The van der Waals surface area contributed by atoms with Crippen LogP contribution in [0.2, 0.25) is 0 Å². The van der Waals surface area contributed by atoms with Gasteiger partial charge in [-0.3, -0.25) is 9.59 Å². The molecule has 3 aromatic carbocycles. The van der Waals surface area contributed by atoms with Gasteiger partial charge in [0.15, 0.2) is 6.29 Å². The molecule has 3 N–H and O–H groups in total. The van der Waals surface area contributed by atoms with E-state index >= 15 is 0 Å². The zero-order chi connectivity index (χ0) is 32.8. The third-order valence-corrected chi connectivity index (χ3v) is 9.22. The number of thioether (sulfide) groups is 1. The van der Waals surface area contributed by atoms with E-state index in [1.165, 1.54) is 0 Å². The van der Waals surface area contributed by atoms with Crippen LogP contribution in [0.25, 0.3) is 11.1 Å². The summed E-state index contributed by atoms with van der Waals surface area (Å²) in [6.07, 6.45) is 5.48. The summed E-state index contributed by atoms with van der Waals surface area (Å²) >= 11 is 1.67. The van der Waals surface area contributed by atoms with Crippen LogP contribution in [0.3, 0.4) is 0 Å². The number of unbranched alkanes of at least 4 members (excludes halogenated alkanes) is 3. The predicted molar refractivity (Wildman–Crippen MR) is 182 cm³/mol. The molecule has 1 aromatic heterocycles. The SMILES string of the molecule is O=C(O)CCCCCCC(=O)NCc1cccc(-c2ccc(C3OC(CSc4ccccn4)CC(c4ccc(CO)cc4)O3)cc2)c1. The molecule has 0 spiro atoms. The summed E-state index contributed by atoms with van der Waals surface area (Å²) in [7, 11) is 0. The van der Waals surface area contributed by atoms with Crippen LogP contribution in [-0.2, 0) is 32.2 Å². The van der Waals surface area contributed by atoms with Crippen molar-refractivity contribution in [3.05, 3.63) is 119 Å². The molecule has 2 heterocycles. The van der Waals surface area contributed by atoms with Crippen molar-refractivity contribution in [2.24, 2.45) is 0 Å². The molecule has 1 saturated heterocycles. The molecule has 3 unspecified atom stereocenters. The predicted octanol–water partition coefficient (Wildman–Crippen LogP) is 7.62. The van der Waals surface area contributed by atoms with Crippen LogP contribution in [0.5, 0.6) is 0 Å². The van der Waals surface area contributed by atoms with E-state index in [1.807, 2.05) is 66.7 Å². The van der Waals surface area contributed by atoms with Crippen molar-refractivity contribution in [1.29, 1.82) is 0 Å². The summed E-state index contributed by atoms with van der Waals surface area (Å²) in [5.41, 5.74) is 5.98. The van der Waals surface area contributed by atoms with Crippen molar-refractivity contribution in [3.8, 4) is 11.1 Å². The van der Waals surface area contributed by atoms with Crippen molar-refractivity contribution >= 4 is 23.6 Å². The Labute approximate surface area is 280 Å². The fraction of sp³-hybridized carbons (Fsp3) is 0.342. The van der Waals surface area contributed by atoms with Crippen LogP contribution in [-0.4, -0.2) is 38.9 Å². The molecule has 0 saturated carbocycles. The van der Waals surface area contributed by atoms with Crippen LogP contribution in [0.15, 0.2) is 102 Å². The third kappa shape index (κ3) is 10.8. The molecule has 8 nitrogen and oxygen atoms in total. The fourth-order valence-corrected chi connectivity index (χ4v) is 6.41. The molecule has 9 heteroatoms. The Morgan fingerprint density at radius 1 is 0.809 bits per heavy atom. The number of nitrogens with one attached hydrogen (secondary N) is 1. The number of carboxylic acids is 1. The number of benzene rings is 3. The number of carbonyl (C=O) groups is 2. The second-order valence-corrected chi connectivity index (χ2v) is 12.8. The minimum absolute atomic E-state index is 0.00356. The zero-order valence-corrected chi connectivity index (χ0v) is 27.2. The maximum atomic E-state index is 12.3. The Morgan fingerprint density at radius 3 is 2.30 bits per heavy atom. The topological polar surface area (TPSA) is 118 Å². The minimum Gasteiger partial charge on any atom is -0.481 e. The van der Waals surface area contributed by atoms with Gasteiger partial charge in [-0.1, -0.05) is 85.6 Å². The van der Waals surface area contributed by atoms with Gasteiger partial charge >= 0.3 is 5.97 Å². The van der Waals surface area contributed by atoms with E-state index in [1.54, 1.807) is 18.0 Å². The molecule has 47 heavy (non-hydrogen) atoms. The lowest BCUT2D eigenvalue weighted by Gasteiger charge is -2.36. The maximum Gasteiger partial charge on any atom is 0.303 e. The fourth-order valence-electron chi connectivity index (χ4n) is 5.53. The first-order valence-electron chi connectivity index (χ1n) is 16.2. The first-order chi connectivity index (χ1) is 23.0. The molecule has 5 rings (SSSR count). The lowest BCUT2D eigenvalue weighted by atomic mass is 9.99. The van der Waals surface area contributed by atoms with Gasteiger partial charge in [0.2, 0.25) is 5.91 Å². The summed E-state index contributed by atoms with van der Waals surface area (Å²) in [5, 5.41) is 22.2. The molecular weight excluding hydrogens is 612 g/mol. The molecule has 0 bridgehead atoms. The van der Waals surface area contributed by atoms with Gasteiger partial charge in [0.1, 0.15) is 0 Å². The number of hydrogen-bond acceptors (Lipinski definition) is 7. The van der Waals surface area contributed by atoms with Gasteiger partial charge < -0.3 is 25.0 Å². The van der Waals surface area contributed by atoms with E-state index in [-0.39, 0.29) is 31.1 Å². The van der Waals surface area contributed by atoms with Crippen molar-refractivity contribution in [2.45, 2.75) is 81.6 Å². The largest absolute Gasteiger partial charge is 0.481 e. The average molecular weight is 655 g/mol. The number of nitrogens with zero attached hydrogens (tertiary/aromatic N) is 1. The molecule has 0 radical (unpaired) electrons. The van der Waals surface area contributed by atoms with Gasteiger partial charge in [-0.25, -0.2) is 4.98 Å². The van der Waals surface area contributed by atoms with Gasteiger partial charge in [0.05, 0.1) is 23.8 Å². The monoisotopic (exact) mass is 654 g/mol. The number of hydrogen-bond donors (Lipinski definition) is 3. The molecule has 4 aromatic rings. The van der Waals surface area contributed by atoms with E-state index in [0.29, 0.717) is 25.8 Å². The molecule has 246 valence electrons. The van der Waals surface area contributed by atoms with Crippen molar-refractivity contribution in [2.75, 3.05) is 5.75 Å². The number of amides is 1. The van der Waals surface area contributed by atoms with Crippen molar-refractivity contribution in [3.63, 3.8) is 0 Å². The number of pyridine rings is 1. The van der Waals surface area contributed by atoms with E-state index in [4.69, 9.17) is 14.6 Å². The standard InChI is InChI=1S/C38H42N2O6S/c41-25-27-13-15-30(16-14-27)34-23-33(26-47-36-11-5-6-21-39-36)45-38(46-34)31-19-17-29(18-20-31)32-9-7-8-28(22-32)24-40-35(42)10-3-1-2-4-12-37(43)44/h5-9,11,13-22,33-34,38,41H,1-4,10,12,23-26H2,(H,40,42)(H,43,44). The second-order valence-electron chi connectivity index (χ2n) is 11.7. The highest BCUT2D eigenvalue weighted by atomic mass is 32.2. The molecular formula is C38H42N2O6S. The number of ether oxygens (including phenoxy) is 2. The van der Waals surface area contributed by atoms with Gasteiger partial charge in [-0.05, 0) is 58.9 Å². The summed E-state index contributed by atoms with van der Waals surface area (Å²) in [6, 6.07) is 30.2. The molecule has 0 aliphatic carbocycles. The molecule has 1 aliphatic rings. The summed E-state index contributed by atoms with van der Waals surface area (Å²) in [4.78, 5) is 27.4. The molecule has 3 atom stereocenters. The molecule has 1 amide bonds. The van der Waals surface area contributed by atoms with Gasteiger partial charge in [-0.15, -0.1) is 11.8 Å². The number of aliphatic carboxylic acids is 1. The third-order valence-electron chi connectivity index (χ3n) is 8.15. The number of carbonyl (C=O) groups excluding carboxylic acids is 1. The normalized spacial score (nSPS) is 17.7. The first kappa shape index (κ1) is 34.3. The van der Waals surface area contributed by atoms with Crippen LogP contribution in [0.4, 0.5) is 0 Å². The number of carboxylic acid groups (broad SMARTS) is 1. The zero-order valence-electron chi connectivity index (χ0n) is 26.4. The van der Waals surface area contributed by atoms with Crippen LogP contribution >= 0.6 is 11.8 Å². The highest BCUT2D eigenvalue weighted by Gasteiger charge is 2.32. The lowest BCUT2D eigenvalue weighted by Crippen LogP contribution is -2.31. The van der Waals surface area contributed by atoms with Crippen LogP contribution in [0.1, 0.15) is 79.6 Å². The second kappa shape index (κ2) is 17.8. The lowest BCUT2D eigenvalue weighted by molar-refractivity contribution is -0.245. The summed E-state index contributed by atoms with van der Waals surface area (Å²) in [5.74, 6) is -0.0225. The highest BCUT2D eigenvalue weighted by Crippen LogP contribution is 2.39. The van der Waals surface area contributed by atoms with E-state index < -0.39 is 12.3 Å². The van der Waals surface area contributed by atoms with Gasteiger partial charge in [-0.2, -0.15) is 0 Å². The van der Waals surface area contributed by atoms with Crippen molar-refractivity contribution < 1.29 is 29.3 Å². The van der Waals surface area contributed by atoms with Crippen molar-refractivity contribution in [1.82, 2.24) is 10.3 Å². The number of aromatic nitrogens is 1. The summed E-state index contributed by atoms with van der Waals surface area (Å²) in [6.45, 7) is 0.454. The number of aliphatic hydroxyl groups excluding tert-OH is 1. The van der Waals surface area contributed by atoms with E-state index in [0.717, 1.165) is 63.4 Å². The van der Waals surface area contributed by atoms with Crippen LogP contribution < -0.4 is 5.32 Å². The molecule has 1 aliphatic heterocycles. The Balaban J connectivity index is 1.19. The van der Waals surface area contributed by atoms with Gasteiger partial charge in [0, 0.05) is 43.3 Å². The minimum atomic E-state index is -0.773. The first-order valence-corrected chi connectivity index (χ1v) is 17.2. The average Bonchev–Trinajstić information content (AvgIpc) is 3.11. The van der Waals surface area contributed by atoms with E-state index in [2.05, 4.69) is 34.6 Å². The Kier molecular flexibility index (Phi) is 13.0. The highest BCUT2D eigenvalue weighted by molar-refractivity contribution is 7.99. The van der Waals surface area contributed by atoms with Gasteiger partial charge in [0.25, 0.3) is 0 Å². The maximum absolute atomic E-state index is 12.3. The summed E-state index contributed by atoms with van der Waals surface area (Å²) < 4.78 is 13.0. The van der Waals surface area contributed by atoms with Crippen LogP contribution in [0, 0.1) is 0 Å². The number of aliphatic hydroxyl groups is 1.